The van der Waals surface area contributed by atoms with Crippen LogP contribution in [-0.2, 0) is 9.53 Å². The van der Waals surface area contributed by atoms with E-state index in [9.17, 15) is 4.79 Å². The Labute approximate surface area is 98.9 Å². The number of hydrogen-bond donors (Lipinski definition) is 0. The lowest BCUT2D eigenvalue weighted by atomic mass is 10.2. The van der Waals surface area contributed by atoms with Crippen LogP contribution in [-0.4, -0.2) is 63.7 Å². The zero-order valence-corrected chi connectivity index (χ0v) is 11.1. The van der Waals surface area contributed by atoms with Gasteiger partial charge in [0.1, 0.15) is 6.61 Å². The van der Waals surface area contributed by atoms with Gasteiger partial charge in [-0.3, -0.25) is 0 Å². The topological polar surface area (TPSA) is 32.8 Å². The lowest BCUT2D eigenvalue weighted by Gasteiger charge is -2.10. The van der Waals surface area contributed by atoms with Crippen LogP contribution in [0.5, 0.6) is 0 Å². The Morgan fingerprint density at radius 1 is 1.12 bits per heavy atom. The van der Waals surface area contributed by atoms with E-state index in [4.69, 9.17) is 4.74 Å². The Morgan fingerprint density at radius 3 is 2.19 bits per heavy atom. The molecular formula is C12H24N2O2. The van der Waals surface area contributed by atoms with E-state index in [0.29, 0.717) is 12.2 Å². The zero-order chi connectivity index (χ0) is 12.6. The minimum absolute atomic E-state index is 0.208. The van der Waals surface area contributed by atoms with E-state index in [1.165, 1.54) is 0 Å². The molecule has 0 bridgehead atoms. The van der Waals surface area contributed by atoms with Gasteiger partial charge in [0.25, 0.3) is 0 Å². The van der Waals surface area contributed by atoms with Crippen LogP contribution in [0.15, 0.2) is 11.6 Å². The Morgan fingerprint density at radius 2 is 1.69 bits per heavy atom. The maximum absolute atomic E-state index is 11.5. The highest BCUT2D eigenvalue weighted by Gasteiger charge is 2.05. The van der Waals surface area contributed by atoms with Crippen molar-refractivity contribution >= 4 is 5.97 Å². The van der Waals surface area contributed by atoms with Gasteiger partial charge < -0.3 is 14.5 Å². The third-order valence-electron chi connectivity index (χ3n) is 2.12. The summed E-state index contributed by atoms with van der Waals surface area (Å²) in [6.45, 7) is 3.96. The molecule has 0 spiro atoms. The number of carbonyl (C=O) groups is 1. The zero-order valence-electron chi connectivity index (χ0n) is 11.1. The third kappa shape index (κ3) is 8.44. The van der Waals surface area contributed by atoms with Crippen molar-refractivity contribution in [2.24, 2.45) is 0 Å². The molecular weight excluding hydrogens is 204 g/mol. The molecule has 0 fully saturated rings. The van der Waals surface area contributed by atoms with Gasteiger partial charge in [0.05, 0.1) is 0 Å². The summed E-state index contributed by atoms with van der Waals surface area (Å²) in [6.07, 6.45) is 2.81. The standard InChI is InChI=1S/C12H24N2O2/c1-11(7-6-8-13(2)3)12(15)16-10-9-14(4)5/h7H,6,8-10H2,1-5H3. The molecule has 0 radical (unpaired) electrons. The lowest BCUT2D eigenvalue weighted by Crippen LogP contribution is -2.20. The highest BCUT2D eigenvalue weighted by Crippen LogP contribution is 1.99. The van der Waals surface area contributed by atoms with Crippen LogP contribution in [0.1, 0.15) is 13.3 Å². The number of nitrogens with zero attached hydrogens (tertiary/aromatic N) is 2. The van der Waals surface area contributed by atoms with Gasteiger partial charge in [-0.1, -0.05) is 6.08 Å². The molecule has 0 unspecified atom stereocenters. The number of esters is 1. The van der Waals surface area contributed by atoms with Gasteiger partial charge in [-0.15, -0.1) is 0 Å². The summed E-state index contributed by atoms with van der Waals surface area (Å²) in [5.74, 6) is -0.208. The minimum Gasteiger partial charge on any atom is -0.461 e. The summed E-state index contributed by atoms with van der Waals surface area (Å²) in [5, 5.41) is 0. The van der Waals surface area contributed by atoms with Crippen molar-refractivity contribution in [1.29, 1.82) is 0 Å². The van der Waals surface area contributed by atoms with Crippen molar-refractivity contribution in [2.75, 3.05) is 47.9 Å². The molecule has 0 aromatic heterocycles. The first-order valence-corrected chi connectivity index (χ1v) is 5.57. The number of hydrogen-bond acceptors (Lipinski definition) is 4. The average Bonchev–Trinajstić information content (AvgIpc) is 2.16. The van der Waals surface area contributed by atoms with E-state index in [1.807, 2.05) is 39.2 Å². The van der Waals surface area contributed by atoms with E-state index in [0.717, 1.165) is 19.5 Å². The molecule has 4 nitrogen and oxygen atoms in total. The van der Waals surface area contributed by atoms with Crippen molar-refractivity contribution in [2.45, 2.75) is 13.3 Å². The largest absolute Gasteiger partial charge is 0.461 e. The first-order chi connectivity index (χ1) is 7.43. The van der Waals surface area contributed by atoms with Crippen LogP contribution in [0, 0.1) is 0 Å². The maximum atomic E-state index is 11.5. The molecule has 0 saturated carbocycles. The highest BCUT2D eigenvalue weighted by atomic mass is 16.5. The van der Waals surface area contributed by atoms with E-state index in [2.05, 4.69) is 4.90 Å². The first-order valence-electron chi connectivity index (χ1n) is 5.57. The average molecular weight is 228 g/mol. The van der Waals surface area contributed by atoms with Crippen molar-refractivity contribution in [1.82, 2.24) is 9.80 Å². The second-order valence-electron chi connectivity index (χ2n) is 4.42. The second kappa shape index (κ2) is 8.30. The molecule has 94 valence electrons. The van der Waals surface area contributed by atoms with Gasteiger partial charge in [0, 0.05) is 18.7 Å². The molecule has 16 heavy (non-hydrogen) atoms. The number of rotatable bonds is 7. The van der Waals surface area contributed by atoms with E-state index >= 15 is 0 Å². The van der Waals surface area contributed by atoms with Crippen molar-refractivity contribution in [3.8, 4) is 0 Å². The van der Waals surface area contributed by atoms with E-state index in [-0.39, 0.29) is 5.97 Å². The summed E-state index contributed by atoms with van der Waals surface area (Å²) in [7, 11) is 7.93. The molecule has 0 aromatic carbocycles. The molecule has 0 heterocycles. The number of ether oxygens (including phenoxy) is 1. The van der Waals surface area contributed by atoms with Crippen LogP contribution in [0.4, 0.5) is 0 Å². The summed E-state index contributed by atoms with van der Waals surface area (Å²) in [5.41, 5.74) is 0.695. The molecule has 0 saturated heterocycles. The molecule has 0 atom stereocenters. The smallest absolute Gasteiger partial charge is 0.333 e. The monoisotopic (exact) mass is 228 g/mol. The second-order valence-corrected chi connectivity index (χ2v) is 4.42. The molecule has 4 heteroatoms. The van der Waals surface area contributed by atoms with Crippen LogP contribution >= 0.6 is 0 Å². The minimum atomic E-state index is -0.208. The van der Waals surface area contributed by atoms with Gasteiger partial charge in [0.15, 0.2) is 0 Å². The van der Waals surface area contributed by atoms with Gasteiger partial charge in [-0.25, -0.2) is 4.79 Å². The van der Waals surface area contributed by atoms with Crippen LogP contribution < -0.4 is 0 Å². The lowest BCUT2D eigenvalue weighted by molar-refractivity contribution is -0.139. The summed E-state index contributed by atoms with van der Waals surface area (Å²) < 4.78 is 5.11. The highest BCUT2D eigenvalue weighted by molar-refractivity contribution is 5.87. The summed E-state index contributed by atoms with van der Waals surface area (Å²) in [6, 6.07) is 0. The van der Waals surface area contributed by atoms with Gasteiger partial charge in [-0.05, 0) is 41.5 Å². The summed E-state index contributed by atoms with van der Waals surface area (Å²) >= 11 is 0. The Kier molecular flexibility index (Phi) is 7.85. The number of carbonyl (C=O) groups excluding carboxylic acids is 1. The van der Waals surface area contributed by atoms with Crippen molar-refractivity contribution < 1.29 is 9.53 Å². The quantitative estimate of drug-likeness (QED) is 0.480. The van der Waals surface area contributed by atoms with Gasteiger partial charge >= 0.3 is 5.97 Å². The van der Waals surface area contributed by atoms with Gasteiger partial charge in [0.2, 0.25) is 0 Å². The SMILES string of the molecule is CC(=CCCN(C)C)C(=O)OCCN(C)C. The Bertz CT molecular complexity index is 235. The molecule has 0 aliphatic carbocycles. The van der Waals surface area contributed by atoms with E-state index < -0.39 is 0 Å². The molecule has 0 rings (SSSR count). The molecule has 0 aliphatic heterocycles. The fourth-order valence-corrected chi connectivity index (χ4v) is 1.06. The Hall–Kier alpha value is -0.870. The van der Waals surface area contributed by atoms with Crippen LogP contribution in [0.2, 0.25) is 0 Å². The molecule has 0 aromatic rings. The normalized spacial score (nSPS) is 12.3. The molecule has 0 amide bonds. The predicted octanol–water partition coefficient (Wildman–Crippen LogP) is 0.989. The fourth-order valence-electron chi connectivity index (χ4n) is 1.06. The first kappa shape index (κ1) is 15.1. The van der Waals surface area contributed by atoms with E-state index in [1.54, 1.807) is 6.92 Å². The number of likely N-dealkylation sites (N-methyl/N-ethyl adjacent to an activating group) is 1. The van der Waals surface area contributed by atoms with Crippen molar-refractivity contribution in [3.63, 3.8) is 0 Å². The maximum Gasteiger partial charge on any atom is 0.333 e. The summed E-state index contributed by atoms with van der Waals surface area (Å²) in [4.78, 5) is 15.5. The molecule has 0 aliphatic rings. The molecule has 0 N–H and O–H groups in total. The van der Waals surface area contributed by atoms with Crippen LogP contribution in [0.25, 0.3) is 0 Å². The third-order valence-corrected chi connectivity index (χ3v) is 2.12. The van der Waals surface area contributed by atoms with Gasteiger partial charge in [-0.2, -0.15) is 0 Å². The Balaban J connectivity index is 3.80. The fraction of sp³-hybridized carbons (Fsp3) is 0.750. The van der Waals surface area contributed by atoms with Crippen molar-refractivity contribution in [3.05, 3.63) is 11.6 Å². The predicted molar refractivity (Wildman–Crippen MR) is 66.4 cm³/mol. The van der Waals surface area contributed by atoms with Crippen LogP contribution in [0.3, 0.4) is 0 Å².